The number of benzene rings is 1. The SMILES string of the molecule is CC(C)CC(CN(C)C)NCc1nc2ccccc2s1. The van der Waals surface area contributed by atoms with E-state index in [0.29, 0.717) is 12.0 Å². The second-order valence-corrected chi connectivity index (χ2v) is 7.16. The van der Waals surface area contributed by atoms with E-state index in [0.717, 1.165) is 18.6 Å². The molecule has 1 aromatic carbocycles. The quantitative estimate of drug-likeness (QED) is 0.848. The van der Waals surface area contributed by atoms with Crippen LogP contribution in [-0.4, -0.2) is 36.6 Å². The number of nitrogens with zero attached hydrogens (tertiary/aromatic N) is 2. The summed E-state index contributed by atoms with van der Waals surface area (Å²) in [5.74, 6) is 0.711. The molecule has 3 nitrogen and oxygen atoms in total. The molecule has 1 heterocycles. The highest BCUT2D eigenvalue weighted by Crippen LogP contribution is 2.21. The maximum Gasteiger partial charge on any atom is 0.108 e. The first kappa shape index (κ1) is 15.4. The summed E-state index contributed by atoms with van der Waals surface area (Å²) in [4.78, 5) is 6.93. The molecule has 2 rings (SSSR count). The number of aromatic nitrogens is 1. The van der Waals surface area contributed by atoms with Crippen molar-refractivity contribution in [2.75, 3.05) is 20.6 Å². The Balaban J connectivity index is 1.97. The highest BCUT2D eigenvalue weighted by molar-refractivity contribution is 7.18. The van der Waals surface area contributed by atoms with Crippen LogP contribution in [0.15, 0.2) is 24.3 Å². The number of para-hydroxylation sites is 1. The monoisotopic (exact) mass is 291 g/mol. The van der Waals surface area contributed by atoms with Crippen LogP contribution in [0.4, 0.5) is 0 Å². The Hall–Kier alpha value is -0.970. The maximum absolute atomic E-state index is 4.69. The third kappa shape index (κ3) is 4.54. The molecule has 0 bridgehead atoms. The van der Waals surface area contributed by atoms with Gasteiger partial charge in [-0.1, -0.05) is 26.0 Å². The Morgan fingerprint density at radius 1 is 1.25 bits per heavy atom. The van der Waals surface area contributed by atoms with Gasteiger partial charge < -0.3 is 10.2 Å². The number of hydrogen-bond donors (Lipinski definition) is 1. The molecule has 1 atom stereocenters. The molecule has 0 aliphatic heterocycles. The van der Waals surface area contributed by atoms with Crippen molar-refractivity contribution in [3.8, 4) is 0 Å². The molecule has 0 radical (unpaired) electrons. The molecule has 0 amide bonds. The summed E-state index contributed by atoms with van der Waals surface area (Å²) in [6, 6.07) is 8.87. The van der Waals surface area contributed by atoms with E-state index in [2.05, 4.69) is 61.3 Å². The number of nitrogens with one attached hydrogen (secondary N) is 1. The smallest absolute Gasteiger partial charge is 0.108 e. The fourth-order valence-electron chi connectivity index (χ4n) is 2.46. The Labute approximate surface area is 126 Å². The van der Waals surface area contributed by atoms with E-state index >= 15 is 0 Å². The van der Waals surface area contributed by atoms with Crippen molar-refractivity contribution in [1.29, 1.82) is 0 Å². The predicted octanol–water partition coefficient (Wildman–Crippen LogP) is 3.36. The predicted molar refractivity (Wildman–Crippen MR) is 88.3 cm³/mol. The van der Waals surface area contributed by atoms with Crippen molar-refractivity contribution in [3.05, 3.63) is 29.3 Å². The molecule has 0 aliphatic rings. The summed E-state index contributed by atoms with van der Waals surface area (Å²) in [6.07, 6.45) is 1.20. The molecule has 0 saturated heterocycles. The third-order valence-electron chi connectivity index (χ3n) is 3.22. The molecule has 0 aliphatic carbocycles. The molecule has 4 heteroatoms. The zero-order valence-electron chi connectivity index (χ0n) is 12.9. The summed E-state index contributed by atoms with van der Waals surface area (Å²) in [6.45, 7) is 6.50. The zero-order chi connectivity index (χ0) is 14.5. The average Bonchev–Trinajstić information content (AvgIpc) is 2.77. The first-order valence-corrected chi connectivity index (χ1v) is 8.09. The summed E-state index contributed by atoms with van der Waals surface area (Å²) in [7, 11) is 4.26. The lowest BCUT2D eigenvalue weighted by molar-refractivity contribution is 0.305. The third-order valence-corrected chi connectivity index (χ3v) is 4.26. The molecular formula is C16H25N3S. The van der Waals surface area contributed by atoms with Crippen molar-refractivity contribution in [2.24, 2.45) is 5.92 Å². The lowest BCUT2D eigenvalue weighted by Crippen LogP contribution is -2.38. The van der Waals surface area contributed by atoms with E-state index < -0.39 is 0 Å². The van der Waals surface area contributed by atoms with Gasteiger partial charge in [-0.2, -0.15) is 0 Å². The number of hydrogen-bond acceptors (Lipinski definition) is 4. The number of fused-ring (bicyclic) bond motifs is 1. The van der Waals surface area contributed by atoms with E-state index in [1.54, 1.807) is 11.3 Å². The minimum Gasteiger partial charge on any atom is -0.308 e. The van der Waals surface area contributed by atoms with Crippen LogP contribution in [0.2, 0.25) is 0 Å². The van der Waals surface area contributed by atoms with Crippen molar-refractivity contribution in [1.82, 2.24) is 15.2 Å². The minimum atomic E-state index is 0.525. The van der Waals surface area contributed by atoms with E-state index in [9.17, 15) is 0 Å². The van der Waals surface area contributed by atoms with Gasteiger partial charge in [-0.15, -0.1) is 11.3 Å². The van der Waals surface area contributed by atoms with Crippen LogP contribution in [-0.2, 0) is 6.54 Å². The molecule has 20 heavy (non-hydrogen) atoms. The fourth-order valence-corrected chi connectivity index (χ4v) is 3.38. The summed E-state index contributed by atoms with van der Waals surface area (Å²) in [5, 5.41) is 4.85. The first-order chi connectivity index (χ1) is 9.54. The van der Waals surface area contributed by atoms with Crippen molar-refractivity contribution >= 4 is 21.6 Å². The van der Waals surface area contributed by atoms with Gasteiger partial charge >= 0.3 is 0 Å². The van der Waals surface area contributed by atoms with Crippen molar-refractivity contribution in [2.45, 2.75) is 32.9 Å². The van der Waals surface area contributed by atoms with Gasteiger partial charge in [-0.05, 0) is 38.6 Å². The molecule has 0 spiro atoms. The van der Waals surface area contributed by atoms with Crippen molar-refractivity contribution in [3.63, 3.8) is 0 Å². The van der Waals surface area contributed by atoms with Crippen molar-refractivity contribution < 1.29 is 0 Å². The van der Waals surface area contributed by atoms with Gasteiger partial charge in [0, 0.05) is 19.1 Å². The molecule has 1 aromatic heterocycles. The van der Waals surface area contributed by atoms with Gasteiger partial charge in [0.15, 0.2) is 0 Å². The molecule has 0 saturated carbocycles. The van der Waals surface area contributed by atoms with Crippen LogP contribution in [0, 0.1) is 5.92 Å². The molecule has 1 N–H and O–H groups in total. The van der Waals surface area contributed by atoms with E-state index in [-0.39, 0.29) is 0 Å². The van der Waals surface area contributed by atoms with Gasteiger partial charge in [-0.25, -0.2) is 4.98 Å². The standard InChI is InChI=1S/C16H25N3S/c1-12(2)9-13(11-19(3)4)17-10-16-18-14-7-5-6-8-15(14)20-16/h5-8,12-13,17H,9-11H2,1-4H3. The maximum atomic E-state index is 4.69. The molecule has 0 fully saturated rings. The Bertz CT molecular complexity index is 490. The first-order valence-electron chi connectivity index (χ1n) is 7.27. The highest BCUT2D eigenvalue weighted by Gasteiger charge is 2.12. The van der Waals surface area contributed by atoms with Crippen LogP contribution in [0.3, 0.4) is 0 Å². The molecular weight excluding hydrogens is 266 g/mol. The number of thiazole rings is 1. The van der Waals surface area contributed by atoms with Gasteiger partial charge in [0.05, 0.1) is 10.2 Å². The summed E-state index contributed by atoms with van der Waals surface area (Å²) < 4.78 is 1.28. The largest absolute Gasteiger partial charge is 0.308 e. The highest BCUT2D eigenvalue weighted by atomic mass is 32.1. The van der Waals surface area contributed by atoms with E-state index in [4.69, 9.17) is 0 Å². The normalized spacial score (nSPS) is 13.5. The van der Waals surface area contributed by atoms with E-state index in [1.807, 2.05) is 6.07 Å². The Kier molecular flexibility index (Phi) is 5.52. The fraction of sp³-hybridized carbons (Fsp3) is 0.562. The van der Waals surface area contributed by atoms with Gasteiger partial charge in [0.1, 0.15) is 5.01 Å². The topological polar surface area (TPSA) is 28.2 Å². The van der Waals surface area contributed by atoms with Crippen LogP contribution < -0.4 is 5.32 Å². The minimum absolute atomic E-state index is 0.525. The van der Waals surface area contributed by atoms with Crippen LogP contribution in [0.25, 0.3) is 10.2 Å². The van der Waals surface area contributed by atoms with Crippen LogP contribution >= 0.6 is 11.3 Å². The number of rotatable bonds is 7. The Morgan fingerprint density at radius 2 is 2.00 bits per heavy atom. The van der Waals surface area contributed by atoms with Crippen LogP contribution in [0.5, 0.6) is 0 Å². The Morgan fingerprint density at radius 3 is 2.65 bits per heavy atom. The summed E-state index contributed by atoms with van der Waals surface area (Å²) in [5.41, 5.74) is 1.11. The van der Waals surface area contributed by atoms with Crippen LogP contribution in [0.1, 0.15) is 25.3 Å². The zero-order valence-corrected chi connectivity index (χ0v) is 13.7. The molecule has 110 valence electrons. The average molecular weight is 291 g/mol. The lowest BCUT2D eigenvalue weighted by Gasteiger charge is -2.23. The second kappa shape index (κ2) is 7.16. The van der Waals surface area contributed by atoms with Gasteiger partial charge in [-0.3, -0.25) is 0 Å². The lowest BCUT2D eigenvalue weighted by atomic mass is 10.0. The molecule has 2 aromatic rings. The summed E-state index contributed by atoms with van der Waals surface area (Å²) >= 11 is 1.79. The van der Waals surface area contributed by atoms with Gasteiger partial charge in [0.25, 0.3) is 0 Å². The molecule has 1 unspecified atom stereocenters. The van der Waals surface area contributed by atoms with Gasteiger partial charge in [0.2, 0.25) is 0 Å². The second-order valence-electron chi connectivity index (χ2n) is 6.04. The van der Waals surface area contributed by atoms with E-state index in [1.165, 1.54) is 16.1 Å². The number of likely N-dealkylation sites (N-methyl/N-ethyl adjacent to an activating group) is 1.